The SMILES string of the molecule is N#Cc1ccccc1COc1cc(F)ccc1F. The molecule has 0 saturated carbocycles. The molecule has 0 saturated heterocycles. The Bertz CT molecular complexity index is 605. The monoisotopic (exact) mass is 245 g/mol. The Morgan fingerprint density at radius 2 is 1.89 bits per heavy atom. The molecule has 0 aliphatic carbocycles. The van der Waals surface area contributed by atoms with Crippen molar-refractivity contribution in [3.8, 4) is 11.8 Å². The zero-order valence-corrected chi connectivity index (χ0v) is 9.36. The lowest BCUT2D eigenvalue weighted by atomic mass is 10.1. The first kappa shape index (κ1) is 12.1. The van der Waals surface area contributed by atoms with Crippen LogP contribution in [0.15, 0.2) is 42.5 Å². The Hall–Kier alpha value is -2.41. The third-order valence-corrected chi connectivity index (χ3v) is 2.41. The van der Waals surface area contributed by atoms with Crippen LogP contribution in [-0.2, 0) is 6.61 Å². The van der Waals surface area contributed by atoms with Crippen LogP contribution in [0.4, 0.5) is 8.78 Å². The van der Waals surface area contributed by atoms with Crippen molar-refractivity contribution in [2.45, 2.75) is 6.61 Å². The zero-order valence-electron chi connectivity index (χ0n) is 9.36. The molecule has 0 unspecified atom stereocenters. The molecule has 2 aromatic carbocycles. The highest BCUT2D eigenvalue weighted by Gasteiger charge is 2.07. The molecule has 0 aromatic heterocycles. The van der Waals surface area contributed by atoms with Crippen molar-refractivity contribution < 1.29 is 13.5 Å². The normalized spacial score (nSPS) is 9.83. The highest BCUT2D eigenvalue weighted by atomic mass is 19.1. The van der Waals surface area contributed by atoms with E-state index in [2.05, 4.69) is 0 Å². The predicted molar refractivity (Wildman–Crippen MR) is 61.8 cm³/mol. The van der Waals surface area contributed by atoms with Gasteiger partial charge in [-0.2, -0.15) is 5.26 Å². The highest BCUT2D eigenvalue weighted by molar-refractivity contribution is 5.37. The van der Waals surface area contributed by atoms with Gasteiger partial charge in [0.2, 0.25) is 0 Å². The summed E-state index contributed by atoms with van der Waals surface area (Å²) in [4.78, 5) is 0. The van der Waals surface area contributed by atoms with Crippen molar-refractivity contribution in [2.75, 3.05) is 0 Å². The van der Waals surface area contributed by atoms with Crippen LogP contribution in [0, 0.1) is 23.0 Å². The lowest BCUT2D eigenvalue weighted by Crippen LogP contribution is -2.00. The second kappa shape index (κ2) is 5.28. The smallest absolute Gasteiger partial charge is 0.165 e. The molecule has 2 nitrogen and oxygen atoms in total. The first-order chi connectivity index (χ1) is 8.70. The van der Waals surface area contributed by atoms with Crippen LogP contribution < -0.4 is 4.74 Å². The Balaban J connectivity index is 2.17. The quantitative estimate of drug-likeness (QED) is 0.830. The molecular weight excluding hydrogens is 236 g/mol. The van der Waals surface area contributed by atoms with E-state index in [-0.39, 0.29) is 12.4 Å². The average Bonchev–Trinajstić information content (AvgIpc) is 2.40. The van der Waals surface area contributed by atoms with Gasteiger partial charge in [0.05, 0.1) is 11.6 Å². The lowest BCUT2D eigenvalue weighted by molar-refractivity contribution is 0.288. The van der Waals surface area contributed by atoms with Crippen molar-refractivity contribution in [1.29, 1.82) is 5.26 Å². The number of benzene rings is 2. The summed E-state index contributed by atoms with van der Waals surface area (Å²) < 4.78 is 31.4. The van der Waals surface area contributed by atoms with E-state index >= 15 is 0 Å². The summed E-state index contributed by atoms with van der Waals surface area (Å²) in [5, 5.41) is 8.87. The first-order valence-corrected chi connectivity index (χ1v) is 5.26. The summed E-state index contributed by atoms with van der Waals surface area (Å²) in [5.74, 6) is -1.37. The molecule has 0 fully saturated rings. The number of ether oxygens (including phenoxy) is 1. The van der Waals surface area contributed by atoms with Crippen molar-refractivity contribution in [1.82, 2.24) is 0 Å². The van der Waals surface area contributed by atoms with Gasteiger partial charge in [0.25, 0.3) is 0 Å². The third-order valence-electron chi connectivity index (χ3n) is 2.41. The topological polar surface area (TPSA) is 33.0 Å². The van der Waals surface area contributed by atoms with Crippen LogP contribution in [0.5, 0.6) is 5.75 Å². The first-order valence-electron chi connectivity index (χ1n) is 5.26. The van der Waals surface area contributed by atoms with E-state index in [1.54, 1.807) is 24.3 Å². The average molecular weight is 245 g/mol. The van der Waals surface area contributed by atoms with E-state index in [0.717, 1.165) is 18.2 Å². The minimum Gasteiger partial charge on any atom is -0.486 e. The standard InChI is InChI=1S/C14H9F2NO/c15-12-5-6-13(16)14(7-12)18-9-11-4-2-1-3-10(11)8-17/h1-7H,9H2. The molecule has 0 spiro atoms. The van der Waals surface area contributed by atoms with Gasteiger partial charge in [-0.25, -0.2) is 8.78 Å². The van der Waals surface area contributed by atoms with Crippen molar-refractivity contribution >= 4 is 0 Å². The second-order valence-corrected chi connectivity index (χ2v) is 3.63. The molecule has 0 bridgehead atoms. The number of nitriles is 1. The maximum Gasteiger partial charge on any atom is 0.165 e. The van der Waals surface area contributed by atoms with Gasteiger partial charge in [0, 0.05) is 11.6 Å². The summed E-state index contributed by atoms with van der Waals surface area (Å²) in [6.45, 7) is 0.0180. The molecule has 0 aliphatic rings. The van der Waals surface area contributed by atoms with Gasteiger partial charge in [0.1, 0.15) is 12.4 Å². The summed E-state index contributed by atoms with van der Waals surface area (Å²) in [6.07, 6.45) is 0. The fourth-order valence-corrected chi connectivity index (χ4v) is 1.50. The maximum absolute atomic E-state index is 13.3. The van der Waals surface area contributed by atoms with Gasteiger partial charge >= 0.3 is 0 Å². The maximum atomic E-state index is 13.3. The van der Waals surface area contributed by atoms with E-state index in [0.29, 0.717) is 11.1 Å². The molecule has 2 rings (SSSR count). The summed E-state index contributed by atoms with van der Waals surface area (Å²) in [7, 11) is 0. The number of nitrogens with zero attached hydrogens (tertiary/aromatic N) is 1. The van der Waals surface area contributed by atoms with Gasteiger partial charge in [-0.3, -0.25) is 0 Å². The van der Waals surface area contributed by atoms with Crippen molar-refractivity contribution in [3.05, 3.63) is 65.2 Å². The minimum absolute atomic E-state index is 0.0180. The van der Waals surface area contributed by atoms with Gasteiger partial charge in [-0.05, 0) is 18.2 Å². The van der Waals surface area contributed by atoms with Crippen LogP contribution in [-0.4, -0.2) is 0 Å². The number of hydrogen-bond donors (Lipinski definition) is 0. The van der Waals surface area contributed by atoms with Crippen LogP contribution >= 0.6 is 0 Å². The van der Waals surface area contributed by atoms with E-state index in [1.165, 1.54) is 0 Å². The van der Waals surface area contributed by atoms with E-state index < -0.39 is 11.6 Å². The van der Waals surface area contributed by atoms with Gasteiger partial charge in [-0.1, -0.05) is 18.2 Å². The molecule has 0 radical (unpaired) electrons. The Labute approximate surface area is 103 Å². The number of rotatable bonds is 3. The summed E-state index contributed by atoms with van der Waals surface area (Å²) in [6, 6.07) is 11.8. The zero-order chi connectivity index (χ0) is 13.0. The van der Waals surface area contributed by atoms with E-state index in [9.17, 15) is 8.78 Å². The highest BCUT2D eigenvalue weighted by Crippen LogP contribution is 2.20. The van der Waals surface area contributed by atoms with Gasteiger partial charge in [0.15, 0.2) is 11.6 Å². The molecule has 0 heterocycles. The van der Waals surface area contributed by atoms with Crippen LogP contribution in [0.3, 0.4) is 0 Å². The van der Waals surface area contributed by atoms with E-state index in [4.69, 9.17) is 10.00 Å². The molecule has 90 valence electrons. The van der Waals surface area contributed by atoms with Gasteiger partial charge in [-0.15, -0.1) is 0 Å². The van der Waals surface area contributed by atoms with Crippen molar-refractivity contribution in [3.63, 3.8) is 0 Å². The van der Waals surface area contributed by atoms with Crippen LogP contribution in [0.25, 0.3) is 0 Å². The van der Waals surface area contributed by atoms with Crippen LogP contribution in [0.2, 0.25) is 0 Å². The Kier molecular flexibility index (Phi) is 3.54. The third kappa shape index (κ3) is 2.64. The molecule has 4 heteroatoms. The predicted octanol–water partition coefficient (Wildman–Crippen LogP) is 3.42. The number of halogens is 2. The molecule has 0 aliphatic heterocycles. The fraction of sp³-hybridized carbons (Fsp3) is 0.0714. The summed E-state index contributed by atoms with van der Waals surface area (Å²) in [5.41, 5.74) is 1.08. The van der Waals surface area contributed by atoms with Crippen molar-refractivity contribution in [2.24, 2.45) is 0 Å². The number of hydrogen-bond acceptors (Lipinski definition) is 2. The molecule has 0 atom stereocenters. The van der Waals surface area contributed by atoms with Crippen LogP contribution in [0.1, 0.15) is 11.1 Å². The minimum atomic E-state index is -0.633. The largest absolute Gasteiger partial charge is 0.486 e. The molecule has 18 heavy (non-hydrogen) atoms. The Morgan fingerprint density at radius 1 is 1.11 bits per heavy atom. The molecule has 0 amide bonds. The van der Waals surface area contributed by atoms with E-state index in [1.807, 2.05) is 6.07 Å². The second-order valence-electron chi connectivity index (χ2n) is 3.63. The molecular formula is C14H9F2NO. The molecule has 0 N–H and O–H groups in total. The van der Waals surface area contributed by atoms with Gasteiger partial charge < -0.3 is 4.74 Å². The Morgan fingerprint density at radius 3 is 2.67 bits per heavy atom. The summed E-state index contributed by atoms with van der Waals surface area (Å²) >= 11 is 0. The lowest BCUT2D eigenvalue weighted by Gasteiger charge is -2.08. The molecule has 2 aromatic rings. The fourth-order valence-electron chi connectivity index (χ4n) is 1.50.